The number of aryl methyl sites for hydroxylation is 1. The highest BCUT2D eigenvalue weighted by Crippen LogP contribution is 2.39. The Morgan fingerprint density at radius 3 is 2.70 bits per heavy atom. The molecule has 1 aromatic heterocycles. The quantitative estimate of drug-likeness (QED) is 0.746. The van der Waals surface area contributed by atoms with E-state index < -0.39 is 31.1 Å². The third-order valence-electron chi connectivity index (χ3n) is 3.35. The Morgan fingerprint density at radius 1 is 1.50 bits per heavy atom. The molecule has 2 heterocycles. The standard InChI is InChI=1S/C12H13BF3NO2S/c1-6-7(2)20-8-4-17(10(18)3-13)9(12(14,15)16)5-19-11(6)8/h9H,3-5H2,1-2H3/t9-/m0/s1. The smallest absolute Gasteiger partial charge is 0.412 e. The molecule has 0 fully saturated rings. The zero-order chi connectivity index (χ0) is 15.1. The maximum atomic E-state index is 13.1. The van der Waals surface area contributed by atoms with Gasteiger partial charge in [-0.05, 0) is 20.2 Å². The topological polar surface area (TPSA) is 29.5 Å². The maximum absolute atomic E-state index is 13.1. The molecule has 1 aliphatic heterocycles. The minimum atomic E-state index is -4.54. The Morgan fingerprint density at radius 2 is 2.15 bits per heavy atom. The first-order valence-corrected chi connectivity index (χ1v) is 6.85. The van der Waals surface area contributed by atoms with Crippen LogP contribution in [0.1, 0.15) is 15.3 Å². The molecule has 0 aromatic carbocycles. The van der Waals surface area contributed by atoms with Gasteiger partial charge in [0.15, 0.2) is 6.04 Å². The summed E-state index contributed by atoms with van der Waals surface area (Å²) in [6, 6.07) is -1.96. The number of ether oxygens (including phenoxy) is 1. The molecule has 0 bridgehead atoms. The number of carbonyl (C=O) groups excluding carboxylic acids is 1. The summed E-state index contributed by atoms with van der Waals surface area (Å²) in [5.41, 5.74) is 0.827. The lowest BCUT2D eigenvalue weighted by atomic mass is 10.0. The third-order valence-corrected chi connectivity index (χ3v) is 4.52. The van der Waals surface area contributed by atoms with Crippen LogP contribution < -0.4 is 4.74 Å². The molecule has 1 amide bonds. The highest BCUT2D eigenvalue weighted by Gasteiger charge is 2.47. The van der Waals surface area contributed by atoms with Gasteiger partial charge >= 0.3 is 6.18 Å². The van der Waals surface area contributed by atoms with Gasteiger partial charge in [-0.3, -0.25) is 4.79 Å². The summed E-state index contributed by atoms with van der Waals surface area (Å²) in [5, 5.41) is 0. The van der Waals surface area contributed by atoms with Crippen molar-refractivity contribution in [3.05, 3.63) is 15.3 Å². The van der Waals surface area contributed by atoms with Crippen molar-refractivity contribution in [2.24, 2.45) is 0 Å². The molecule has 1 atom stereocenters. The Balaban J connectivity index is 2.40. The van der Waals surface area contributed by atoms with Gasteiger partial charge in [0, 0.05) is 10.4 Å². The van der Waals surface area contributed by atoms with Crippen LogP contribution in [0.4, 0.5) is 13.2 Å². The molecule has 1 aliphatic rings. The number of thiophene rings is 1. The van der Waals surface area contributed by atoms with Gasteiger partial charge in [-0.1, -0.05) is 0 Å². The van der Waals surface area contributed by atoms with Crippen LogP contribution in [0.15, 0.2) is 0 Å². The normalized spacial score (nSPS) is 19.2. The minimum absolute atomic E-state index is 0.116. The maximum Gasteiger partial charge on any atom is 0.412 e. The number of nitrogens with zero attached hydrogens (tertiary/aromatic N) is 1. The summed E-state index contributed by atoms with van der Waals surface area (Å²) in [6.45, 7) is 2.95. The van der Waals surface area contributed by atoms with Gasteiger partial charge in [0.25, 0.3) is 0 Å². The molecule has 0 saturated carbocycles. The number of fused-ring (bicyclic) bond motifs is 1. The summed E-state index contributed by atoms with van der Waals surface area (Å²) in [5.74, 6) is -0.262. The van der Waals surface area contributed by atoms with Crippen molar-refractivity contribution in [3.8, 4) is 5.75 Å². The summed E-state index contributed by atoms with van der Waals surface area (Å²) < 4.78 is 44.5. The predicted octanol–water partition coefficient (Wildman–Crippen LogP) is 2.60. The monoisotopic (exact) mass is 303 g/mol. The number of rotatable bonds is 1. The summed E-state index contributed by atoms with van der Waals surface area (Å²) >= 11 is 1.35. The second-order valence-corrected chi connectivity index (χ2v) is 5.94. The lowest BCUT2D eigenvalue weighted by Crippen LogP contribution is -2.50. The van der Waals surface area contributed by atoms with E-state index in [1.54, 1.807) is 6.92 Å². The van der Waals surface area contributed by atoms with Crippen molar-refractivity contribution in [3.63, 3.8) is 0 Å². The summed E-state index contributed by atoms with van der Waals surface area (Å²) in [6.07, 6.45) is -4.99. The summed E-state index contributed by atoms with van der Waals surface area (Å²) in [4.78, 5) is 14.1. The Bertz CT molecular complexity index is 530. The molecule has 3 nitrogen and oxygen atoms in total. The van der Waals surface area contributed by atoms with Crippen LogP contribution in [-0.4, -0.2) is 37.5 Å². The molecule has 0 aliphatic carbocycles. The first-order chi connectivity index (χ1) is 9.25. The lowest BCUT2D eigenvalue weighted by molar-refractivity contribution is -0.194. The van der Waals surface area contributed by atoms with Crippen LogP contribution in [0.25, 0.3) is 0 Å². The minimum Gasteiger partial charge on any atom is -0.490 e. The van der Waals surface area contributed by atoms with Crippen LogP contribution in [0, 0.1) is 13.8 Å². The van der Waals surface area contributed by atoms with Crippen molar-refractivity contribution < 1.29 is 22.7 Å². The molecular formula is C12H13BF3NO2S. The fourth-order valence-corrected chi connectivity index (χ4v) is 3.26. The number of hydrogen-bond donors (Lipinski definition) is 0. The zero-order valence-corrected chi connectivity index (χ0v) is 11.9. The van der Waals surface area contributed by atoms with Gasteiger partial charge in [0.1, 0.15) is 12.4 Å². The highest BCUT2D eigenvalue weighted by molar-refractivity contribution is 7.12. The predicted molar refractivity (Wildman–Crippen MR) is 70.2 cm³/mol. The van der Waals surface area contributed by atoms with Crippen molar-refractivity contribution in [1.29, 1.82) is 0 Å². The second kappa shape index (κ2) is 5.31. The Hall–Kier alpha value is -1.18. The van der Waals surface area contributed by atoms with Crippen LogP contribution in [0.3, 0.4) is 0 Å². The van der Waals surface area contributed by atoms with Crippen LogP contribution >= 0.6 is 11.3 Å². The molecule has 0 saturated heterocycles. The van der Waals surface area contributed by atoms with Gasteiger partial charge in [-0.2, -0.15) is 13.2 Å². The fourth-order valence-electron chi connectivity index (χ4n) is 2.14. The first-order valence-electron chi connectivity index (χ1n) is 6.03. The van der Waals surface area contributed by atoms with E-state index in [-0.39, 0.29) is 6.54 Å². The lowest BCUT2D eigenvalue weighted by Gasteiger charge is -2.30. The number of carbonyl (C=O) groups is 1. The SMILES string of the molecule is [B]CC(=O)N1Cc2sc(C)c(C)c2OC[C@H]1C(F)(F)F. The van der Waals surface area contributed by atoms with Crippen molar-refractivity contribution >= 4 is 25.1 Å². The number of alkyl halides is 3. The van der Waals surface area contributed by atoms with E-state index in [4.69, 9.17) is 12.6 Å². The van der Waals surface area contributed by atoms with E-state index in [2.05, 4.69) is 0 Å². The molecular weight excluding hydrogens is 290 g/mol. The highest BCUT2D eigenvalue weighted by atomic mass is 32.1. The molecule has 2 rings (SSSR count). The van der Waals surface area contributed by atoms with Gasteiger partial charge < -0.3 is 9.64 Å². The molecule has 108 valence electrons. The summed E-state index contributed by atoms with van der Waals surface area (Å²) in [7, 11) is 5.22. The van der Waals surface area contributed by atoms with E-state index in [0.29, 0.717) is 10.6 Å². The van der Waals surface area contributed by atoms with Crippen molar-refractivity contribution in [1.82, 2.24) is 4.90 Å². The molecule has 0 unspecified atom stereocenters. The molecule has 0 N–H and O–H groups in total. The molecule has 0 spiro atoms. The van der Waals surface area contributed by atoms with Crippen LogP contribution in [0.2, 0.25) is 6.32 Å². The van der Waals surface area contributed by atoms with E-state index in [0.717, 1.165) is 15.3 Å². The first kappa shape index (κ1) is 15.2. The van der Waals surface area contributed by atoms with Crippen LogP contribution in [-0.2, 0) is 11.3 Å². The van der Waals surface area contributed by atoms with Gasteiger partial charge in [-0.15, -0.1) is 11.3 Å². The van der Waals surface area contributed by atoms with Crippen molar-refractivity contribution in [2.75, 3.05) is 6.61 Å². The Labute approximate surface area is 120 Å². The average molecular weight is 303 g/mol. The largest absolute Gasteiger partial charge is 0.490 e. The molecule has 20 heavy (non-hydrogen) atoms. The van der Waals surface area contributed by atoms with E-state index >= 15 is 0 Å². The average Bonchev–Trinajstić information content (AvgIpc) is 2.54. The molecule has 8 heteroatoms. The van der Waals surface area contributed by atoms with Gasteiger partial charge in [-0.25, -0.2) is 0 Å². The second-order valence-electron chi connectivity index (χ2n) is 4.63. The molecule has 2 radical (unpaired) electrons. The number of hydrogen-bond acceptors (Lipinski definition) is 3. The van der Waals surface area contributed by atoms with E-state index in [1.165, 1.54) is 11.3 Å². The number of amides is 1. The number of halogens is 3. The van der Waals surface area contributed by atoms with E-state index in [1.807, 2.05) is 6.92 Å². The third kappa shape index (κ3) is 2.66. The van der Waals surface area contributed by atoms with E-state index in [9.17, 15) is 18.0 Å². The Kier molecular flexibility index (Phi) is 4.04. The fraction of sp³-hybridized carbons (Fsp3) is 0.583. The van der Waals surface area contributed by atoms with Crippen molar-refractivity contribution in [2.45, 2.75) is 38.9 Å². The van der Waals surface area contributed by atoms with Gasteiger partial charge in [0.2, 0.25) is 5.91 Å². The zero-order valence-electron chi connectivity index (χ0n) is 11.1. The van der Waals surface area contributed by atoms with Gasteiger partial charge in [0.05, 0.1) is 19.3 Å². The molecule has 1 aromatic rings. The van der Waals surface area contributed by atoms with Crippen LogP contribution in [0.5, 0.6) is 5.75 Å².